The summed E-state index contributed by atoms with van der Waals surface area (Å²) in [6.07, 6.45) is -3.52. The lowest BCUT2D eigenvalue weighted by Gasteiger charge is -2.10. The molecule has 0 fully saturated rings. The molecule has 0 heterocycles. The van der Waals surface area contributed by atoms with E-state index in [1.165, 1.54) is 13.2 Å². The number of halogens is 3. The lowest BCUT2D eigenvalue weighted by Crippen LogP contribution is -2.17. The summed E-state index contributed by atoms with van der Waals surface area (Å²) in [5.41, 5.74) is 0.0759. The summed E-state index contributed by atoms with van der Waals surface area (Å²) in [5, 5.41) is 0. The molecule has 0 aromatic heterocycles. The van der Waals surface area contributed by atoms with Gasteiger partial charge in [-0.3, -0.25) is 0 Å². The van der Waals surface area contributed by atoms with E-state index >= 15 is 0 Å². The summed E-state index contributed by atoms with van der Waals surface area (Å²) < 4.78 is 44.0. The number of ether oxygens (including phenoxy) is 2. The van der Waals surface area contributed by atoms with Crippen LogP contribution in [-0.2, 0) is 4.79 Å². The van der Waals surface area contributed by atoms with Crippen LogP contribution in [0.25, 0.3) is 0 Å². The predicted octanol–water partition coefficient (Wildman–Crippen LogP) is 2.56. The summed E-state index contributed by atoms with van der Waals surface area (Å²) in [4.78, 5) is 13.2. The predicted molar refractivity (Wildman–Crippen MR) is 47.5 cm³/mol. The molecular formula is C9H6F3NO3. The van der Waals surface area contributed by atoms with E-state index in [0.717, 1.165) is 18.2 Å². The first-order chi connectivity index (χ1) is 7.46. The van der Waals surface area contributed by atoms with Gasteiger partial charge in [-0.05, 0) is 12.1 Å². The molecule has 0 aliphatic rings. The molecule has 0 bridgehead atoms. The van der Waals surface area contributed by atoms with Gasteiger partial charge in [0.1, 0.15) is 17.2 Å². The van der Waals surface area contributed by atoms with E-state index in [1.54, 1.807) is 0 Å². The minimum atomic E-state index is -4.78. The SMILES string of the molecule is COc1cc(OC(F)(F)F)ccc1N=C=O. The van der Waals surface area contributed by atoms with Crippen LogP contribution in [0.15, 0.2) is 23.2 Å². The Morgan fingerprint density at radius 3 is 2.56 bits per heavy atom. The first-order valence-corrected chi connectivity index (χ1v) is 3.98. The minimum absolute atomic E-state index is 0.00917. The van der Waals surface area contributed by atoms with Crippen LogP contribution in [0, 0.1) is 0 Å². The Bertz CT molecular complexity index is 424. The number of isocyanates is 1. The lowest BCUT2D eigenvalue weighted by atomic mass is 10.3. The Labute approximate surface area is 88.3 Å². The van der Waals surface area contributed by atoms with E-state index in [-0.39, 0.29) is 11.4 Å². The van der Waals surface area contributed by atoms with Gasteiger partial charge in [-0.25, -0.2) is 4.79 Å². The number of benzene rings is 1. The molecule has 0 saturated carbocycles. The number of rotatable bonds is 3. The molecular weight excluding hydrogens is 227 g/mol. The molecule has 0 spiro atoms. The highest BCUT2D eigenvalue weighted by molar-refractivity contribution is 5.59. The first kappa shape index (κ1) is 12.1. The largest absolute Gasteiger partial charge is 0.573 e. The fraction of sp³-hybridized carbons (Fsp3) is 0.222. The second-order valence-corrected chi connectivity index (χ2v) is 2.58. The maximum atomic E-state index is 11.9. The number of nitrogens with zero attached hydrogens (tertiary/aromatic N) is 1. The zero-order chi connectivity index (χ0) is 12.2. The molecule has 0 unspecified atom stereocenters. The van der Waals surface area contributed by atoms with Crippen molar-refractivity contribution in [2.75, 3.05) is 7.11 Å². The molecule has 0 aliphatic carbocycles. The summed E-state index contributed by atoms with van der Waals surface area (Å²) >= 11 is 0. The average Bonchev–Trinajstić information content (AvgIpc) is 2.18. The van der Waals surface area contributed by atoms with Gasteiger partial charge in [0.25, 0.3) is 0 Å². The van der Waals surface area contributed by atoms with E-state index in [4.69, 9.17) is 4.74 Å². The average molecular weight is 233 g/mol. The van der Waals surface area contributed by atoms with E-state index in [0.29, 0.717) is 0 Å². The fourth-order valence-corrected chi connectivity index (χ4v) is 0.997. The number of carbonyl (C=O) groups excluding carboxylic acids is 1. The lowest BCUT2D eigenvalue weighted by molar-refractivity contribution is -0.274. The quantitative estimate of drug-likeness (QED) is 0.595. The molecule has 7 heteroatoms. The molecule has 16 heavy (non-hydrogen) atoms. The molecule has 0 amide bonds. The first-order valence-electron chi connectivity index (χ1n) is 3.98. The summed E-state index contributed by atoms with van der Waals surface area (Å²) in [6.45, 7) is 0. The highest BCUT2D eigenvalue weighted by Crippen LogP contribution is 2.33. The van der Waals surface area contributed by atoms with Crippen LogP contribution in [0.4, 0.5) is 18.9 Å². The number of aliphatic imine (C=N–C) groups is 1. The smallest absolute Gasteiger partial charge is 0.494 e. The van der Waals surface area contributed by atoms with Crippen molar-refractivity contribution in [3.8, 4) is 11.5 Å². The van der Waals surface area contributed by atoms with Crippen molar-refractivity contribution in [2.45, 2.75) is 6.36 Å². The van der Waals surface area contributed by atoms with Crippen molar-refractivity contribution in [1.82, 2.24) is 0 Å². The molecule has 1 rings (SSSR count). The highest BCUT2D eigenvalue weighted by Gasteiger charge is 2.31. The van der Waals surface area contributed by atoms with Gasteiger partial charge in [0.2, 0.25) is 6.08 Å². The van der Waals surface area contributed by atoms with Gasteiger partial charge >= 0.3 is 6.36 Å². The molecule has 86 valence electrons. The number of methoxy groups -OCH3 is 1. The zero-order valence-corrected chi connectivity index (χ0v) is 8.04. The molecule has 0 N–H and O–H groups in total. The van der Waals surface area contributed by atoms with Crippen molar-refractivity contribution in [2.24, 2.45) is 4.99 Å². The molecule has 1 aromatic carbocycles. The van der Waals surface area contributed by atoms with Crippen molar-refractivity contribution in [1.29, 1.82) is 0 Å². The van der Waals surface area contributed by atoms with Crippen molar-refractivity contribution >= 4 is 11.8 Å². The van der Waals surface area contributed by atoms with Gasteiger partial charge in [-0.15, -0.1) is 13.2 Å². The zero-order valence-electron chi connectivity index (χ0n) is 8.04. The third-order valence-electron chi connectivity index (χ3n) is 1.55. The number of hydrogen-bond donors (Lipinski definition) is 0. The van der Waals surface area contributed by atoms with Crippen LogP contribution in [-0.4, -0.2) is 19.6 Å². The Morgan fingerprint density at radius 1 is 1.38 bits per heavy atom. The molecule has 0 saturated heterocycles. The minimum Gasteiger partial charge on any atom is -0.494 e. The van der Waals surface area contributed by atoms with Crippen molar-refractivity contribution in [3.05, 3.63) is 18.2 Å². The van der Waals surface area contributed by atoms with Gasteiger partial charge in [0.15, 0.2) is 0 Å². The van der Waals surface area contributed by atoms with Gasteiger partial charge in [0.05, 0.1) is 7.11 Å². The third kappa shape index (κ3) is 3.29. The monoisotopic (exact) mass is 233 g/mol. The maximum Gasteiger partial charge on any atom is 0.573 e. The topological polar surface area (TPSA) is 47.9 Å². The van der Waals surface area contributed by atoms with Crippen LogP contribution in [0.5, 0.6) is 11.5 Å². The fourth-order valence-electron chi connectivity index (χ4n) is 0.997. The molecule has 0 radical (unpaired) electrons. The molecule has 1 aromatic rings. The van der Waals surface area contributed by atoms with Gasteiger partial charge in [-0.1, -0.05) is 0 Å². The van der Waals surface area contributed by atoms with Gasteiger partial charge in [-0.2, -0.15) is 4.99 Å². The molecule has 0 atom stereocenters. The maximum absolute atomic E-state index is 11.9. The van der Waals surface area contributed by atoms with Crippen molar-refractivity contribution in [3.63, 3.8) is 0 Å². The van der Waals surface area contributed by atoms with Crippen LogP contribution in [0.1, 0.15) is 0 Å². The Balaban J connectivity index is 3.04. The normalized spacial score (nSPS) is 10.5. The Morgan fingerprint density at radius 2 is 2.06 bits per heavy atom. The van der Waals surface area contributed by atoms with Crippen molar-refractivity contribution < 1.29 is 27.4 Å². The van der Waals surface area contributed by atoms with Crippen LogP contribution in [0.2, 0.25) is 0 Å². The number of alkyl halides is 3. The summed E-state index contributed by atoms with van der Waals surface area (Å²) in [5.74, 6) is -0.459. The molecule has 4 nitrogen and oxygen atoms in total. The molecule has 0 aliphatic heterocycles. The Kier molecular flexibility index (Phi) is 3.52. The van der Waals surface area contributed by atoms with Crippen LogP contribution in [0.3, 0.4) is 0 Å². The third-order valence-corrected chi connectivity index (χ3v) is 1.55. The van der Waals surface area contributed by atoms with E-state index in [2.05, 4.69) is 9.73 Å². The Hall–Kier alpha value is -2.01. The van der Waals surface area contributed by atoms with E-state index in [1.807, 2.05) is 0 Å². The van der Waals surface area contributed by atoms with E-state index < -0.39 is 12.1 Å². The number of hydrogen-bond acceptors (Lipinski definition) is 4. The van der Waals surface area contributed by atoms with Gasteiger partial charge < -0.3 is 9.47 Å². The second kappa shape index (κ2) is 4.67. The second-order valence-electron chi connectivity index (χ2n) is 2.58. The van der Waals surface area contributed by atoms with Gasteiger partial charge in [0, 0.05) is 6.07 Å². The van der Waals surface area contributed by atoms with Crippen LogP contribution < -0.4 is 9.47 Å². The van der Waals surface area contributed by atoms with Crippen LogP contribution >= 0.6 is 0 Å². The highest BCUT2D eigenvalue weighted by atomic mass is 19.4. The standard InChI is InChI=1S/C9H6F3NO3/c1-15-8-4-6(16-9(10,11)12)2-3-7(8)13-5-14/h2-4H,1H3. The summed E-state index contributed by atoms with van der Waals surface area (Å²) in [6, 6.07) is 3.15. The van der Waals surface area contributed by atoms with E-state index in [9.17, 15) is 18.0 Å². The summed E-state index contributed by atoms with van der Waals surface area (Å²) in [7, 11) is 1.23.